The van der Waals surface area contributed by atoms with Gasteiger partial charge in [-0.3, -0.25) is 0 Å². The number of carbonyl (C=O) groups excluding carboxylic acids is 1. The molecule has 0 spiro atoms. The summed E-state index contributed by atoms with van der Waals surface area (Å²) >= 11 is 0. The summed E-state index contributed by atoms with van der Waals surface area (Å²) in [7, 11) is 1.18. The molecule has 1 aliphatic heterocycles. The Kier molecular flexibility index (Phi) is 5.39. The van der Waals surface area contributed by atoms with Crippen molar-refractivity contribution >= 4 is 11.7 Å². The summed E-state index contributed by atoms with van der Waals surface area (Å²) in [6.45, 7) is -0.587. The minimum Gasteiger partial charge on any atom is -0.465 e. The van der Waals surface area contributed by atoms with E-state index < -0.39 is 43.3 Å². The van der Waals surface area contributed by atoms with Crippen LogP contribution in [0.15, 0.2) is 18.2 Å². The number of aliphatic hydroxyl groups is 4. The van der Waals surface area contributed by atoms with Gasteiger partial charge in [-0.2, -0.15) is 0 Å². The first kappa shape index (κ1) is 17.4. The standard InChI is InChI=1S/C14H19NO8/c1-21-13(20)7-4-6(15)2-3-8(7)22-14-12(19)11(18)10(17)9(5-16)23-14/h2-4,9-12,14,16-19H,5,15H2,1H3. The molecule has 9 nitrogen and oxygen atoms in total. The van der Waals surface area contributed by atoms with Gasteiger partial charge in [0.15, 0.2) is 0 Å². The molecule has 2 rings (SSSR count). The van der Waals surface area contributed by atoms with E-state index in [1.54, 1.807) is 0 Å². The number of rotatable bonds is 4. The van der Waals surface area contributed by atoms with Crippen molar-refractivity contribution in [1.82, 2.24) is 0 Å². The Morgan fingerprint density at radius 1 is 1.26 bits per heavy atom. The maximum atomic E-state index is 11.8. The fraction of sp³-hybridized carbons (Fsp3) is 0.500. The van der Waals surface area contributed by atoms with Crippen LogP contribution < -0.4 is 10.5 Å². The zero-order valence-electron chi connectivity index (χ0n) is 12.3. The summed E-state index contributed by atoms with van der Waals surface area (Å²) in [6.07, 6.45) is -7.19. The number of methoxy groups -OCH3 is 1. The van der Waals surface area contributed by atoms with Gasteiger partial charge in [-0.15, -0.1) is 0 Å². The molecular formula is C14H19NO8. The lowest BCUT2D eigenvalue weighted by Crippen LogP contribution is -2.60. The highest BCUT2D eigenvalue weighted by Gasteiger charge is 2.45. The molecule has 6 N–H and O–H groups in total. The third kappa shape index (κ3) is 3.54. The normalized spacial score (nSPS) is 30.7. The predicted molar refractivity (Wildman–Crippen MR) is 76.6 cm³/mol. The maximum absolute atomic E-state index is 11.8. The molecule has 0 aliphatic carbocycles. The lowest BCUT2D eigenvalue weighted by molar-refractivity contribution is -0.277. The second kappa shape index (κ2) is 7.11. The van der Waals surface area contributed by atoms with Crippen molar-refractivity contribution in [3.05, 3.63) is 23.8 Å². The van der Waals surface area contributed by atoms with Gasteiger partial charge in [0.2, 0.25) is 6.29 Å². The molecule has 0 bridgehead atoms. The molecule has 5 atom stereocenters. The first-order chi connectivity index (χ1) is 10.9. The van der Waals surface area contributed by atoms with Crippen molar-refractivity contribution in [2.24, 2.45) is 0 Å². The van der Waals surface area contributed by atoms with Crippen LogP contribution >= 0.6 is 0 Å². The number of anilines is 1. The lowest BCUT2D eigenvalue weighted by Gasteiger charge is -2.39. The molecule has 0 aromatic heterocycles. The zero-order valence-corrected chi connectivity index (χ0v) is 12.3. The summed E-state index contributed by atoms with van der Waals surface area (Å²) in [5, 5.41) is 38.5. The van der Waals surface area contributed by atoms with Gasteiger partial charge in [-0.05, 0) is 18.2 Å². The van der Waals surface area contributed by atoms with Crippen LogP contribution in [0.4, 0.5) is 5.69 Å². The highest BCUT2D eigenvalue weighted by Crippen LogP contribution is 2.28. The Morgan fingerprint density at radius 2 is 1.96 bits per heavy atom. The van der Waals surface area contributed by atoms with Crippen molar-refractivity contribution in [2.45, 2.75) is 30.7 Å². The lowest BCUT2D eigenvalue weighted by atomic mass is 9.99. The molecule has 0 radical (unpaired) electrons. The topological polar surface area (TPSA) is 152 Å². The van der Waals surface area contributed by atoms with Crippen LogP contribution in [-0.2, 0) is 9.47 Å². The van der Waals surface area contributed by atoms with Gasteiger partial charge in [0.1, 0.15) is 35.7 Å². The van der Waals surface area contributed by atoms with E-state index >= 15 is 0 Å². The van der Waals surface area contributed by atoms with E-state index in [-0.39, 0.29) is 11.3 Å². The molecule has 0 saturated carbocycles. The number of benzene rings is 1. The number of nitrogen functional groups attached to an aromatic ring is 1. The van der Waals surface area contributed by atoms with Crippen LogP contribution in [0.5, 0.6) is 5.75 Å². The number of ether oxygens (including phenoxy) is 3. The van der Waals surface area contributed by atoms with Crippen molar-refractivity contribution in [2.75, 3.05) is 19.5 Å². The Bertz CT molecular complexity index is 564. The molecule has 1 heterocycles. The van der Waals surface area contributed by atoms with E-state index in [2.05, 4.69) is 4.74 Å². The molecule has 23 heavy (non-hydrogen) atoms. The van der Waals surface area contributed by atoms with Gasteiger partial charge in [0.25, 0.3) is 0 Å². The quantitative estimate of drug-likeness (QED) is 0.319. The van der Waals surface area contributed by atoms with Crippen LogP contribution in [0.2, 0.25) is 0 Å². The smallest absolute Gasteiger partial charge is 0.341 e. The van der Waals surface area contributed by atoms with E-state index in [1.165, 1.54) is 25.3 Å². The molecule has 1 aromatic carbocycles. The highest BCUT2D eigenvalue weighted by atomic mass is 16.7. The Labute approximate surface area is 131 Å². The Balaban J connectivity index is 2.26. The van der Waals surface area contributed by atoms with Gasteiger partial charge in [0.05, 0.1) is 13.7 Å². The number of nitrogens with two attached hydrogens (primary N) is 1. The first-order valence-electron chi connectivity index (χ1n) is 6.84. The van der Waals surface area contributed by atoms with Gasteiger partial charge >= 0.3 is 5.97 Å². The predicted octanol–water partition coefficient (Wildman–Crippen LogP) is -1.77. The number of carbonyl (C=O) groups is 1. The summed E-state index contributed by atoms with van der Waals surface area (Å²) < 4.78 is 15.3. The van der Waals surface area contributed by atoms with Crippen molar-refractivity contribution in [1.29, 1.82) is 0 Å². The third-order valence-corrected chi connectivity index (χ3v) is 3.50. The average molecular weight is 329 g/mol. The molecule has 1 aromatic rings. The van der Waals surface area contributed by atoms with Crippen molar-refractivity contribution in [3.63, 3.8) is 0 Å². The van der Waals surface area contributed by atoms with Crippen molar-refractivity contribution < 1.29 is 39.4 Å². The second-order valence-corrected chi connectivity index (χ2v) is 5.06. The fourth-order valence-electron chi connectivity index (χ4n) is 2.21. The molecule has 1 fully saturated rings. The molecular weight excluding hydrogens is 310 g/mol. The number of hydrogen-bond donors (Lipinski definition) is 5. The number of aliphatic hydroxyl groups excluding tert-OH is 4. The molecule has 5 unspecified atom stereocenters. The number of esters is 1. The average Bonchev–Trinajstić information content (AvgIpc) is 2.55. The fourth-order valence-corrected chi connectivity index (χ4v) is 2.21. The largest absolute Gasteiger partial charge is 0.465 e. The SMILES string of the molecule is COC(=O)c1cc(N)ccc1OC1OC(CO)C(O)C(O)C1O. The Hall–Kier alpha value is -1.91. The van der Waals surface area contributed by atoms with Crippen LogP contribution in [-0.4, -0.2) is 70.8 Å². The summed E-state index contributed by atoms with van der Waals surface area (Å²) in [4.78, 5) is 11.8. The molecule has 1 aliphatic rings. The third-order valence-electron chi connectivity index (χ3n) is 3.50. The van der Waals surface area contributed by atoms with Crippen LogP contribution in [0.25, 0.3) is 0 Å². The highest BCUT2D eigenvalue weighted by molar-refractivity contribution is 5.93. The minimum absolute atomic E-state index is 0.00413. The van der Waals surface area contributed by atoms with E-state index in [0.717, 1.165) is 0 Å². The van der Waals surface area contributed by atoms with Gasteiger partial charge in [-0.25, -0.2) is 4.79 Å². The van der Waals surface area contributed by atoms with Gasteiger partial charge in [0, 0.05) is 5.69 Å². The van der Waals surface area contributed by atoms with Gasteiger partial charge in [-0.1, -0.05) is 0 Å². The first-order valence-corrected chi connectivity index (χ1v) is 6.84. The molecule has 1 saturated heterocycles. The van der Waals surface area contributed by atoms with E-state index in [4.69, 9.17) is 20.3 Å². The number of hydrogen-bond acceptors (Lipinski definition) is 9. The molecule has 0 amide bonds. The summed E-state index contributed by atoms with van der Waals surface area (Å²) in [5.41, 5.74) is 5.92. The minimum atomic E-state index is -1.59. The molecule has 9 heteroatoms. The van der Waals surface area contributed by atoms with Crippen LogP contribution in [0, 0.1) is 0 Å². The van der Waals surface area contributed by atoms with E-state index in [9.17, 15) is 20.1 Å². The second-order valence-electron chi connectivity index (χ2n) is 5.06. The van der Waals surface area contributed by atoms with Crippen LogP contribution in [0.3, 0.4) is 0 Å². The Morgan fingerprint density at radius 3 is 2.57 bits per heavy atom. The monoisotopic (exact) mass is 329 g/mol. The van der Waals surface area contributed by atoms with E-state index in [1.807, 2.05) is 0 Å². The maximum Gasteiger partial charge on any atom is 0.341 e. The molecule has 128 valence electrons. The van der Waals surface area contributed by atoms with Gasteiger partial charge < -0.3 is 40.4 Å². The summed E-state index contributed by atoms with van der Waals surface area (Å²) in [6, 6.07) is 4.17. The summed E-state index contributed by atoms with van der Waals surface area (Å²) in [5.74, 6) is -0.702. The van der Waals surface area contributed by atoms with E-state index in [0.29, 0.717) is 5.69 Å². The van der Waals surface area contributed by atoms with Crippen molar-refractivity contribution in [3.8, 4) is 5.75 Å². The van der Waals surface area contributed by atoms with Crippen LogP contribution in [0.1, 0.15) is 10.4 Å². The zero-order chi connectivity index (χ0) is 17.1.